The van der Waals surface area contributed by atoms with Crippen LogP contribution in [-0.4, -0.2) is 16.5 Å². The molecule has 3 nitrogen and oxygen atoms in total. The molecule has 1 heterocycles. The van der Waals surface area contributed by atoms with E-state index < -0.39 is 0 Å². The minimum absolute atomic E-state index is 0.652. The van der Waals surface area contributed by atoms with Crippen molar-refractivity contribution in [1.82, 2.24) is 15.3 Å². The van der Waals surface area contributed by atoms with Gasteiger partial charge in [0, 0.05) is 23.6 Å². The van der Waals surface area contributed by atoms with E-state index in [0.29, 0.717) is 5.92 Å². The average molecular weight is 334 g/mol. The third-order valence-electron chi connectivity index (χ3n) is 2.90. The highest BCUT2D eigenvalue weighted by Gasteiger charge is 2.02. The summed E-state index contributed by atoms with van der Waals surface area (Å²) in [5, 5.41) is 3.40. The maximum Gasteiger partial charge on any atom is 0.132 e. The highest BCUT2D eigenvalue weighted by atomic mass is 79.9. The van der Waals surface area contributed by atoms with Gasteiger partial charge in [-0.05, 0) is 36.2 Å². The number of halogens is 1. The van der Waals surface area contributed by atoms with Crippen molar-refractivity contribution >= 4 is 15.9 Å². The molecule has 1 N–H and O–H groups in total. The van der Waals surface area contributed by atoms with E-state index >= 15 is 0 Å². The molecule has 0 aliphatic rings. The lowest BCUT2D eigenvalue weighted by Gasteiger charge is -2.08. The lowest BCUT2D eigenvalue weighted by atomic mass is 10.1. The van der Waals surface area contributed by atoms with Crippen molar-refractivity contribution in [3.8, 4) is 0 Å². The van der Waals surface area contributed by atoms with Gasteiger partial charge in [0.25, 0.3) is 0 Å². The Kier molecular flexibility index (Phi) is 5.68. The van der Waals surface area contributed by atoms with E-state index in [1.807, 2.05) is 24.4 Å². The Morgan fingerprint density at radius 1 is 1.15 bits per heavy atom. The quantitative estimate of drug-likeness (QED) is 0.877. The number of nitrogens with one attached hydrogen (secondary N) is 1. The molecule has 0 fully saturated rings. The number of hydrogen-bond acceptors (Lipinski definition) is 3. The molecule has 0 saturated carbocycles. The van der Waals surface area contributed by atoms with Crippen molar-refractivity contribution in [2.24, 2.45) is 5.92 Å². The summed E-state index contributed by atoms with van der Waals surface area (Å²) in [5.74, 6) is 1.52. The first-order valence-corrected chi connectivity index (χ1v) is 7.69. The monoisotopic (exact) mass is 333 g/mol. The van der Waals surface area contributed by atoms with Gasteiger partial charge in [-0.2, -0.15) is 0 Å². The number of benzene rings is 1. The van der Waals surface area contributed by atoms with Gasteiger partial charge in [-0.25, -0.2) is 9.97 Å². The zero-order chi connectivity index (χ0) is 14.4. The zero-order valence-electron chi connectivity index (χ0n) is 11.9. The van der Waals surface area contributed by atoms with Crippen molar-refractivity contribution in [3.05, 3.63) is 58.1 Å². The van der Waals surface area contributed by atoms with Gasteiger partial charge in [-0.15, -0.1) is 0 Å². The highest BCUT2D eigenvalue weighted by molar-refractivity contribution is 9.10. The summed E-state index contributed by atoms with van der Waals surface area (Å²) in [4.78, 5) is 8.95. The molecule has 0 amide bonds. The lowest BCUT2D eigenvalue weighted by molar-refractivity contribution is 0.547. The maximum atomic E-state index is 4.60. The molecule has 1 aromatic carbocycles. The van der Waals surface area contributed by atoms with E-state index in [9.17, 15) is 0 Å². The van der Waals surface area contributed by atoms with Crippen LogP contribution in [0, 0.1) is 5.92 Å². The van der Waals surface area contributed by atoms with Crippen molar-refractivity contribution in [3.63, 3.8) is 0 Å². The third-order valence-corrected chi connectivity index (χ3v) is 3.43. The van der Waals surface area contributed by atoms with Crippen LogP contribution in [0.15, 0.2) is 41.0 Å². The fraction of sp³-hybridized carbons (Fsp3) is 0.375. The van der Waals surface area contributed by atoms with E-state index in [1.54, 1.807) is 0 Å². The molecule has 1 aromatic heterocycles. The predicted octanol–water partition coefficient (Wildman–Crippen LogP) is 3.58. The molecule has 106 valence electrons. The molecular weight excluding hydrogens is 314 g/mol. The smallest absolute Gasteiger partial charge is 0.132 e. The fourth-order valence-corrected chi connectivity index (χ4v) is 2.16. The van der Waals surface area contributed by atoms with Crippen LogP contribution < -0.4 is 5.32 Å². The third kappa shape index (κ3) is 5.02. The van der Waals surface area contributed by atoms with Crippen LogP contribution in [0.2, 0.25) is 0 Å². The Bertz CT molecular complexity index is 538. The predicted molar refractivity (Wildman–Crippen MR) is 85.5 cm³/mol. The van der Waals surface area contributed by atoms with Crippen LogP contribution in [-0.2, 0) is 13.0 Å². The topological polar surface area (TPSA) is 37.8 Å². The summed E-state index contributed by atoms with van der Waals surface area (Å²) in [6, 6.07) is 10.2. The molecule has 0 aliphatic heterocycles. The molecule has 0 spiro atoms. The Labute approximate surface area is 129 Å². The number of nitrogens with zero attached hydrogens (tertiary/aromatic N) is 2. The Hall–Kier alpha value is -1.26. The molecule has 2 aromatic rings. The first-order chi connectivity index (χ1) is 9.63. The Balaban J connectivity index is 1.96. The summed E-state index contributed by atoms with van der Waals surface area (Å²) in [6.07, 6.45) is 2.61. The van der Waals surface area contributed by atoms with Crippen LogP contribution in [0.25, 0.3) is 0 Å². The van der Waals surface area contributed by atoms with Crippen LogP contribution >= 0.6 is 15.9 Å². The molecule has 0 bridgehead atoms. The number of aromatic nitrogens is 2. The van der Waals surface area contributed by atoms with E-state index in [0.717, 1.165) is 35.5 Å². The average Bonchev–Trinajstić information content (AvgIpc) is 2.41. The van der Waals surface area contributed by atoms with Crippen LogP contribution in [0.1, 0.15) is 30.9 Å². The summed E-state index contributed by atoms with van der Waals surface area (Å²) in [7, 11) is 0. The van der Waals surface area contributed by atoms with E-state index in [4.69, 9.17) is 0 Å². The minimum atomic E-state index is 0.652. The molecule has 0 radical (unpaired) electrons. The van der Waals surface area contributed by atoms with Crippen molar-refractivity contribution < 1.29 is 0 Å². The van der Waals surface area contributed by atoms with Crippen LogP contribution in [0.4, 0.5) is 0 Å². The van der Waals surface area contributed by atoms with Gasteiger partial charge < -0.3 is 5.32 Å². The van der Waals surface area contributed by atoms with Crippen molar-refractivity contribution in [2.75, 3.05) is 6.54 Å². The molecule has 2 rings (SSSR count). The molecule has 4 heteroatoms. The van der Waals surface area contributed by atoms with Gasteiger partial charge in [0.2, 0.25) is 0 Å². The Morgan fingerprint density at radius 3 is 2.60 bits per heavy atom. The van der Waals surface area contributed by atoms with Gasteiger partial charge in [-0.3, -0.25) is 0 Å². The van der Waals surface area contributed by atoms with E-state index in [1.165, 1.54) is 5.56 Å². The highest BCUT2D eigenvalue weighted by Crippen LogP contribution is 2.12. The van der Waals surface area contributed by atoms with Gasteiger partial charge in [0.15, 0.2) is 0 Å². The first-order valence-electron chi connectivity index (χ1n) is 6.89. The zero-order valence-corrected chi connectivity index (χ0v) is 13.5. The van der Waals surface area contributed by atoms with Crippen LogP contribution in [0.5, 0.6) is 0 Å². The minimum Gasteiger partial charge on any atom is -0.311 e. The summed E-state index contributed by atoms with van der Waals surface area (Å²) < 4.78 is 1.09. The second-order valence-electron chi connectivity index (χ2n) is 5.29. The lowest BCUT2D eigenvalue weighted by Crippen LogP contribution is -2.20. The molecule has 0 atom stereocenters. The summed E-state index contributed by atoms with van der Waals surface area (Å²) in [5.41, 5.74) is 2.27. The standard InChI is InChI=1S/C16H20BrN3/c1-12(2)10-18-11-15-7-8-19-16(20-15)9-13-3-5-14(17)6-4-13/h3-8,12,18H,9-11H2,1-2H3. The van der Waals surface area contributed by atoms with Gasteiger partial charge in [0.05, 0.1) is 5.69 Å². The van der Waals surface area contributed by atoms with E-state index in [-0.39, 0.29) is 0 Å². The maximum absolute atomic E-state index is 4.60. The second kappa shape index (κ2) is 7.50. The number of hydrogen-bond donors (Lipinski definition) is 1. The summed E-state index contributed by atoms with van der Waals surface area (Å²) in [6.45, 7) is 6.21. The van der Waals surface area contributed by atoms with Crippen molar-refractivity contribution in [2.45, 2.75) is 26.8 Å². The van der Waals surface area contributed by atoms with Crippen LogP contribution in [0.3, 0.4) is 0 Å². The van der Waals surface area contributed by atoms with Gasteiger partial charge in [0.1, 0.15) is 5.82 Å². The van der Waals surface area contributed by atoms with Gasteiger partial charge in [-0.1, -0.05) is 41.9 Å². The largest absolute Gasteiger partial charge is 0.311 e. The van der Waals surface area contributed by atoms with Gasteiger partial charge >= 0.3 is 0 Å². The molecule has 20 heavy (non-hydrogen) atoms. The molecule has 0 saturated heterocycles. The number of rotatable bonds is 6. The molecule has 0 aliphatic carbocycles. The normalized spacial score (nSPS) is 11.0. The molecule has 0 unspecified atom stereocenters. The van der Waals surface area contributed by atoms with Crippen molar-refractivity contribution in [1.29, 1.82) is 0 Å². The first kappa shape index (κ1) is 15.1. The SMILES string of the molecule is CC(C)CNCc1ccnc(Cc2ccc(Br)cc2)n1. The summed E-state index contributed by atoms with van der Waals surface area (Å²) >= 11 is 3.44. The molecular formula is C16H20BrN3. The second-order valence-corrected chi connectivity index (χ2v) is 6.21. The fourth-order valence-electron chi connectivity index (χ4n) is 1.90. The Morgan fingerprint density at radius 2 is 1.90 bits per heavy atom. The van der Waals surface area contributed by atoms with E-state index in [2.05, 4.69) is 57.2 Å².